The molecule has 0 aliphatic rings. The van der Waals surface area contributed by atoms with Gasteiger partial charge in [-0.3, -0.25) is 0 Å². The van der Waals surface area contributed by atoms with Crippen LogP contribution in [0, 0.1) is 0 Å². The molecule has 0 atom stereocenters. The summed E-state index contributed by atoms with van der Waals surface area (Å²) >= 11 is 6.15. The molecule has 4 heavy (non-hydrogen) atoms. The number of alkyl halides is 2. The van der Waals surface area contributed by atoms with Crippen molar-refractivity contribution >= 4 is 69.6 Å². The van der Waals surface area contributed by atoms with Crippen molar-refractivity contribution in [3.8, 4) is 0 Å². The molecule has 0 rings (SSSR count). The summed E-state index contributed by atoms with van der Waals surface area (Å²) in [5, 5.41) is 0. The first-order valence-corrected chi connectivity index (χ1v) is 5.16. The minimum atomic E-state index is 0.903. The molecular weight excluding hydrogens is 381 g/mol. The van der Waals surface area contributed by atoms with E-state index in [1.165, 1.54) is 24.4 Å². The van der Waals surface area contributed by atoms with E-state index in [0.29, 0.717) is 0 Å². The van der Waals surface area contributed by atoms with E-state index in [9.17, 15) is 0 Å². The van der Waals surface area contributed by atoms with Gasteiger partial charge >= 0.3 is 69.2 Å². The van der Waals surface area contributed by atoms with E-state index >= 15 is 0 Å². The van der Waals surface area contributed by atoms with Gasteiger partial charge in [-0.2, -0.15) is 0 Å². The Morgan fingerprint density at radius 2 is 1.50 bits per heavy atom. The van der Waals surface area contributed by atoms with Crippen molar-refractivity contribution in [2.45, 2.75) is -0.312 Å². The second-order valence-electron chi connectivity index (χ2n) is 0.334. The molecule has 0 aliphatic heterocycles. The van der Waals surface area contributed by atoms with Crippen molar-refractivity contribution in [1.82, 2.24) is 0 Å². The van der Waals surface area contributed by atoms with E-state index in [4.69, 9.17) is 0 Å². The van der Waals surface area contributed by atoms with Crippen LogP contribution in [0.3, 0.4) is 0 Å². The molecule has 0 aliphatic carbocycles. The van der Waals surface area contributed by atoms with Gasteiger partial charge < -0.3 is 0 Å². The quantitative estimate of drug-likeness (QED) is 0.438. The second kappa shape index (κ2) is 3.52. The van der Waals surface area contributed by atoms with Crippen LogP contribution in [0.15, 0.2) is 0 Å². The molecule has 0 N–H and O–H groups in total. The molecule has 0 aromatic heterocycles. The summed E-state index contributed by atoms with van der Waals surface area (Å²) in [6, 6.07) is 0. The molecule has 0 aromatic carbocycles. The zero-order chi connectivity index (χ0) is 3.58. The van der Waals surface area contributed by atoms with Crippen LogP contribution in [0.25, 0.3) is 0 Å². The Kier molecular flexibility index (Phi) is 5.57. The number of hydrogen-bond donors (Lipinski definition) is 0. The fourth-order valence-electron chi connectivity index (χ4n) is 0. The van der Waals surface area contributed by atoms with Gasteiger partial charge in [-0.1, -0.05) is 0 Å². The summed E-state index contributed by atoms with van der Waals surface area (Å²) in [5.41, 5.74) is 0. The Labute approximate surface area is 68.0 Å². The summed E-state index contributed by atoms with van der Waals surface area (Å²) in [4.78, 5) is 0. The summed E-state index contributed by atoms with van der Waals surface area (Å²) < 4.78 is 0.903. The molecule has 0 aromatic rings. The molecule has 2 radical (unpaired) electrons. The van der Waals surface area contributed by atoms with E-state index in [1.54, 1.807) is 0 Å². The number of rotatable bonds is 0. The number of halogens is 2. The SMILES string of the molecule is [In][CH](I)I. The van der Waals surface area contributed by atoms with E-state index < -0.39 is 0 Å². The van der Waals surface area contributed by atoms with Gasteiger partial charge in [0.2, 0.25) is 0 Å². The molecule has 0 saturated carbocycles. The van der Waals surface area contributed by atoms with Gasteiger partial charge in [0, 0.05) is 0 Å². The van der Waals surface area contributed by atoms with E-state index in [1.807, 2.05) is 0 Å². The van der Waals surface area contributed by atoms with Crippen LogP contribution in [0.4, 0.5) is 0 Å². The van der Waals surface area contributed by atoms with Crippen molar-refractivity contribution in [2.24, 2.45) is 0 Å². The van der Waals surface area contributed by atoms with Crippen molar-refractivity contribution in [2.75, 3.05) is 0 Å². The molecular formula is CHI2In. The van der Waals surface area contributed by atoms with Gasteiger partial charge in [-0.05, 0) is 0 Å². The van der Waals surface area contributed by atoms with E-state index in [0.717, 1.165) is -0.312 Å². The number of hydrogen-bond acceptors (Lipinski definition) is 0. The Morgan fingerprint density at radius 1 is 1.50 bits per heavy atom. The van der Waals surface area contributed by atoms with Gasteiger partial charge in [0.05, 0.1) is 0 Å². The summed E-state index contributed by atoms with van der Waals surface area (Å²) in [6.07, 6.45) is 0. The van der Waals surface area contributed by atoms with Crippen LogP contribution >= 0.6 is 45.2 Å². The third kappa shape index (κ3) is 8.84. The first-order chi connectivity index (χ1) is 1.73. The van der Waals surface area contributed by atoms with Gasteiger partial charge in [0.25, 0.3) is 0 Å². The average Bonchev–Trinajstić information content (AvgIpc) is 0.811. The standard InChI is InChI=1S/CHI2.In/c2-1-3;/h1H;. The van der Waals surface area contributed by atoms with Crippen LogP contribution in [-0.2, 0) is 0 Å². The fraction of sp³-hybridized carbons (Fsp3) is 1.00. The molecule has 0 heterocycles. The van der Waals surface area contributed by atoms with Crippen molar-refractivity contribution in [1.29, 1.82) is 0 Å². The molecule has 0 saturated heterocycles. The van der Waals surface area contributed by atoms with E-state index in [-0.39, 0.29) is 0 Å². The normalized spacial score (nSPS) is 8.75. The maximum absolute atomic E-state index is 2.39. The van der Waals surface area contributed by atoms with Crippen molar-refractivity contribution in [3.05, 3.63) is 0 Å². The van der Waals surface area contributed by atoms with Crippen LogP contribution in [0.2, 0.25) is 0 Å². The zero-order valence-electron chi connectivity index (χ0n) is 1.91. The van der Waals surface area contributed by atoms with Crippen molar-refractivity contribution < 1.29 is 0 Å². The van der Waals surface area contributed by atoms with Gasteiger partial charge in [-0.25, -0.2) is 0 Å². The van der Waals surface area contributed by atoms with Crippen LogP contribution < -0.4 is 0 Å². The first kappa shape index (κ1) is 6.33. The predicted molar refractivity (Wildman–Crippen MR) is 37.6 cm³/mol. The third-order valence-corrected chi connectivity index (χ3v) is 0. The monoisotopic (exact) mass is 382 g/mol. The fourth-order valence-corrected chi connectivity index (χ4v) is 0. The van der Waals surface area contributed by atoms with Crippen molar-refractivity contribution in [3.63, 3.8) is 0 Å². The second-order valence-corrected chi connectivity index (χ2v) is 15.1. The van der Waals surface area contributed by atoms with Gasteiger partial charge in [-0.15, -0.1) is 0 Å². The molecule has 0 amide bonds. The molecule has 0 fully saturated rings. The maximum atomic E-state index is 2.39. The van der Waals surface area contributed by atoms with Crippen LogP contribution in [0.1, 0.15) is 0 Å². The first-order valence-electron chi connectivity index (χ1n) is 0.770. The molecule has 3 heteroatoms. The van der Waals surface area contributed by atoms with Gasteiger partial charge in [0.1, 0.15) is 0 Å². The van der Waals surface area contributed by atoms with Crippen LogP contribution in [-0.4, -0.2) is 24.1 Å². The molecule has 22 valence electrons. The van der Waals surface area contributed by atoms with Gasteiger partial charge in [0.15, 0.2) is 0 Å². The molecule has 0 nitrogen and oxygen atoms in total. The summed E-state index contributed by atoms with van der Waals surface area (Å²) in [7, 11) is 0. The van der Waals surface area contributed by atoms with Crippen LogP contribution in [0.5, 0.6) is 0 Å². The average molecular weight is 382 g/mol. The Morgan fingerprint density at radius 3 is 1.50 bits per heavy atom. The molecule has 0 spiro atoms. The van der Waals surface area contributed by atoms with E-state index in [2.05, 4.69) is 45.2 Å². The minimum absolute atomic E-state index is 0.903. The third-order valence-electron chi connectivity index (χ3n) is 0. The topological polar surface area (TPSA) is 0 Å². The molecule has 0 unspecified atom stereocenters. The Bertz CT molecular complexity index is 10.8. The summed E-state index contributed by atoms with van der Waals surface area (Å²) in [6.45, 7) is 0. The predicted octanol–water partition coefficient (Wildman–Crippen LogP) is 1.31. The summed E-state index contributed by atoms with van der Waals surface area (Å²) in [5.74, 6) is 0. The zero-order valence-corrected chi connectivity index (χ0v) is 9.52. The Balaban J connectivity index is 2.32. The Hall–Kier alpha value is 2.33. The molecule has 0 bridgehead atoms.